The van der Waals surface area contributed by atoms with Crippen LogP contribution in [0.4, 0.5) is 5.69 Å². The van der Waals surface area contributed by atoms with Crippen LogP contribution in [-0.4, -0.2) is 31.1 Å². The molecule has 1 atom stereocenters. The Morgan fingerprint density at radius 1 is 1.17 bits per heavy atom. The Morgan fingerprint density at radius 2 is 1.83 bits per heavy atom. The molecule has 29 heavy (non-hydrogen) atoms. The highest BCUT2D eigenvalue weighted by Gasteiger charge is 2.21. The number of thioether (sulfide) groups is 1. The lowest BCUT2D eigenvalue weighted by atomic mass is 9.87. The van der Waals surface area contributed by atoms with Crippen molar-refractivity contribution in [3.63, 3.8) is 0 Å². The van der Waals surface area contributed by atoms with Gasteiger partial charge in [-0.2, -0.15) is 5.10 Å². The fourth-order valence-corrected chi connectivity index (χ4v) is 3.55. The zero-order valence-electron chi connectivity index (χ0n) is 17.9. The lowest BCUT2D eigenvalue weighted by molar-refractivity contribution is -0.115. The fraction of sp³-hybridized carbons (Fsp3) is 0.429. The van der Waals surface area contributed by atoms with Crippen molar-refractivity contribution in [3.8, 4) is 11.5 Å². The van der Waals surface area contributed by atoms with Crippen LogP contribution in [0.15, 0.2) is 33.9 Å². The van der Waals surface area contributed by atoms with Crippen LogP contribution >= 0.6 is 11.8 Å². The lowest BCUT2D eigenvalue weighted by Gasteiger charge is -2.18. The third-order valence-electron chi connectivity index (χ3n) is 4.81. The van der Waals surface area contributed by atoms with Crippen LogP contribution in [-0.2, 0) is 17.3 Å². The SMILES string of the molecule is Cc1nn(C)c(C)c1NC(=O)[C@@H](C)Sc1nnc(-c2ccc(C(C)(C)C)cc2)o1. The first-order chi connectivity index (χ1) is 13.6. The van der Waals surface area contributed by atoms with Crippen molar-refractivity contribution >= 4 is 23.4 Å². The molecule has 1 amide bonds. The van der Waals surface area contributed by atoms with Gasteiger partial charge in [0.05, 0.1) is 22.3 Å². The molecular weight excluding hydrogens is 386 g/mol. The third kappa shape index (κ3) is 4.70. The number of nitrogens with one attached hydrogen (secondary N) is 1. The van der Waals surface area contributed by atoms with Gasteiger partial charge >= 0.3 is 0 Å². The monoisotopic (exact) mass is 413 g/mol. The van der Waals surface area contributed by atoms with E-state index in [-0.39, 0.29) is 11.3 Å². The predicted molar refractivity (Wildman–Crippen MR) is 115 cm³/mol. The van der Waals surface area contributed by atoms with E-state index in [1.807, 2.05) is 40.0 Å². The molecule has 3 rings (SSSR count). The lowest BCUT2D eigenvalue weighted by Crippen LogP contribution is -2.23. The van der Waals surface area contributed by atoms with E-state index in [0.29, 0.717) is 11.1 Å². The number of nitrogens with zero attached hydrogens (tertiary/aromatic N) is 4. The third-order valence-corrected chi connectivity index (χ3v) is 5.74. The van der Waals surface area contributed by atoms with Gasteiger partial charge in [-0.15, -0.1) is 10.2 Å². The van der Waals surface area contributed by atoms with Crippen LogP contribution < -0.4 is 5.32 Å². The number of rotatable bonds is 5. The second-order valence-electron chi connectivity index (χ2n) is 8.12. The highest BCUT2D eigenvalue weighted by Crippen LogP contribution is 2.29. The van der Waals surface area contributed by atoms with E-state index in [1.165, 1.54) is 17.3 Å². The Balaban J connectivity index is 1.67. The summed E-state index contributed by atoms with van der Waals surface area (Å²) in [6.07, 6.45) is 0. The van der Waals surface area contributed by atoms with Crippen LogP contribution in [0.5, 0.6) is 0 Å². The van der Waals surface area contributed by atoms with Crippen LogP contribution in [0.25, 0.3) is 11.5 Å². The van der Waals surface area contributed by atoms with Crippen molar-refractivity contribution in [2.24, 2.45) is 7.05 Å². The molecule has 2 aromatic heterocycles. The van der Waals surface area contributed by atoms with E-state index in [0.717, 1.165) is 22.6 Å². The van der Waals surface area contributed by atoms with Crippen molar-refractivity contribution in [1.29, 1.82) is 0 Å². The number of anilines is 1. The van der Waals surface area contributed by atoms with Crippen molar-refractivity contribution in [1.82, 2.24) is 20.0 Å². The standard InChI is InChI=1S/C21H27N5O2S/c1-12-17(13(2)26(7)25-12)22-18(27)14(3)29-20-24-23-19(28-20)15-8-10-16(11-9-15)21(4,5)6/h8-11,14H,1-7H3,(H,22,27)/t14-/m1/s1. The summed E-state index contributed by atoms with van der Waals surface area (Å²) in [7, 11) is 1.85. The van der Waals surface area contributed by atoms with Crippen LogP contribution in [0.1, 0.15) is 44.6 Å². The van der Waals surface area contributed by atoms with Crippen molar-refractivity contribution in [2.75, 3.05) is 5.32 Å². The maximum atomic E-state index is 12.6. The highest BCUT2D eigenvalue weighted by atomic mass is 32.2. The molecule has 0 aliphatic heterocycles. The van der Waals surface area contributed by atoms with Gasteiger partial charge in [0, 0.05) is 12.6 Å². The maximum absolute atomic E-state index is 12.6. The first-order valence-corrected chi connectivity index (χ1v) is 10.4. The second kappa shape index (κ2) is 8.02. The quantitative estimate of drug-likeness (QED) is 0.620. The summed E-state index contributed by atoms with van der Waals surface area (Å²) < 4.78 is 7.51. The summed E-state index contributed by atoms with van der Waals surface area (Å²) in [5.74, 6) is 0.308. The van der Waals surface area contributed by atoms with E-state index in [4.69, 9.17) is 4.42 Å². The number of carbonyl (C=O) groups excluding carboxylic acids is 1. The molecule has 0 saturated heterocycles. The van der Waals surface area contributed by atoms with Gasteiger partial charge in [-0.25, -0.2) is 0 Å². The minimum Gasteiger partial charge on any atom is -0.411 e. The van der Waals surface area contributed by atoms with Gasteiger partial charge in [-0.1, -0.05) is 44.7 Å². The fourth-order valence-electron chi connectivity index (χ4n) is 2.87. The molecule has 0 bridgehead atoms. The average Bonchev–Trinajstić information content (AvgIpc) is 3.21. The topological polar surface area (TPSA) is 85.8 Å². The number of aryl methyl sites for hydroxylation is 2. The summed E-state index contributed by atoms with van der Waals surface area (Å²) in [4.78, 5) is 12.6. The van der Waals surface area contributed by atoms with Gasteiger partial charge in [-0.3, -0.25) is 9.48 Å². The predicted octanol–water partition coefficient (Wildman–Crippen LogP) is 4.50. The molecule has 0 saturated carbocycles. The number of hydrogen-bond donors (Lipinski definition) is 1. The van der Waals surface area contributed by atoms with Crippen molar-refractivity contribution in [2.45, 2.75) is 57.4 Å². The molecule has 154 valence electrons. The van der Waals surface area contributed by atoms with Gasteiger partial charge in [0.15, 0.2) is 0 Å². The van der Waals surface area contributed by atoms with E-state index < -0.39 is 5.25 Å². The Morgan fingerprint density at radius 3 is 2.38 bits per heavy atom. The molecule has 0 spiro atoms. The van der Waals surface area contributed by atoms with E-state index >= 15 is 0 Å². The molecule has 2 heterocycles. The Hall–Kier alpha value is -2.61. The van der Waals surface area contributed by atoms with E-state index in [1.54, 1.807) is 4.68 Å². The molecular formula is C21H27N5O2S. The van der Waals surface area contributed by atoms with Crippen molar-refractivity contribution in [3.05, 3.63) is 41.2 Å². The smallest absolute Gasteiger partial charge is 0.277 e. The molecule has 0 radical (unpaired) electrons. The molecule has 1 N–H and O–H groups in total. The van der Waals surface area contributed by atoms with Gasteiger partial charge in [0.25, 0.3) is 5.22 Å². The minimum atomic E-state index is -0.398. The van der Waals surface area contributed by atoms with E-state index in [9.17, 15) is 4.79 Å². The Labute approximate surface area is 175 Å². The van der Waals surface area contributed by atoms with Gasteiger partial charge in [-0.05, 0) is 43.9 Å². The van der Waals surface area contributed by atoms with E-state index in [2.05, 4.69) is 53.5 Å². The summed E-state index contributed by atoms with van der Waals surface area (Å²) in [5, 5.41) is 15.4. The van der Waals surface area contributed by atoms with Gasteiger partial charge in [0.2, 0.25) is 11.8 Å². The molecule has 8 heteroatoms. The maximum Gasteiger partial charge on any atom is 0.277 e. The summed E-state index contributed by atoms with van der Waals surface area (Å²) in [6.45, 7) is 12.1. The van der Waals surface area contributed by atoms with Gasteiger partial charge in [0.1, 0.15) is 0 Å². The first kappa shape index (κ1) is 21.1. The summed E-state index contributed by atoms with van der Waals surface area (Å²) in [6, 6.07) is 8.10. The second-order valence-corrected chi connectivity index (χ2v) is 9.41. The van der Waals surface area contributed by atoms with Gasteiger partial charge < -0.3 is 9.73 Å². The zero-order valence-corrected chi connectivity index (χ0v) is 18.7. The number of hydrogen-bond acceptors (Lipinski definition) is 6. The Kier molecular flexibility index (Phi) is 5.84. The molecule has 0 fully saturated rings. The van der Waals surface area contributed by atoms with Crippen LogP contribution in [0.2, 0.25) is 0 Å². The number of carbonyl (C=O) groups is 1. The summed E-state index contributed by atoms with van der Waals surface area (Å²) in [5.41, 5.74) is 4.62. The molecule has 0 unspecified atom stereocenters. The minimum absolute atomic E-state index is 0.0855. The molecule has 1 aromatic carbocycles. The highest BCUT2D eigenvalue weighted by molar-refractivity contribution is 8.00. The average molecular weight is 414 g/mol. The number of aromatic nitrogens is 4. The molecule has 3 aromatic rings. The zero-order chi connectivity index (χ0) is 21.3. The Bertz CT molecular complexity index is 1010. The molecule has 7 nitrogen and oxygen atoms in total. The molecule has 0 aliphatic carbocycles. The molecule has 0 aliphatic rings. The first-order valence-electron chi connectivity index (χ1n) is 9.48. The van der Waals surface area contributed by atoms with Crippen LogP contribution in [0.3, 0.4) is 0 Å². The largest absolute Gasteiger partial charge is 0.411 e. The number of amides is 1. The van der Waals surface area contributed by atoms with Crippen LogP contribution in [0, 0.1) is 13.8 Å². The number of benzene rings is 1. The summed E-state index contributed by atoms with van der Waals surface area (Å²) >= 11 is 1.23. The van der Waals surface area contributed by atoms with Crippen molar-refractivity contribution < 1.29 is 9.21 Å². The normalized spacial score (nSPS) is 12.8.